The van der Waals surface area contributed by atoms with Gasteiger partial charge in [0.1, 0.15) is 5.75 Å². The summed E-state index contributed by atoms with van der Waals surface area (Å²) in [6, 6.07) is 9.20. The molecule has 0 atom stereocenters. The minimum absolute atomic E-state index is 0.0665. The fourth-order valence-corrected chi connectivity index (χ4v) is 1.04. The summed E-state index contributed by atoms with van der Waals surface area (Å²) < 4.78 is 5.60. The average Bonchev–Trinajstić information content (AvgIpc) is 2.27. The molecule has 0 heterocycles. The lowest BCUT2D eigenvalue weighted by atomic mass is 9.98. The van der Waals surface area contributed by atoms with Crippen LogP contribution in [0.1, 0.15) is 19.4 Å². The van der Waals surface area contributed by atoms with E-state index in [1.54, 1.807) is 12.1 Å². The van der Waals surface area contributed by atoms with Gasteiger partial charge >= 0.3 is 0 Å². The minimum Gasteiger partial charge on any atom is -0.493 e. The molecule has 0 amide bonds. The Bertz CT molecular complexity index is 351. The summed E-state index contributed by atoms with van der Waals surface area (Å²) in [6.45, 7) is 4.83. The maximum Gasteiger partial charge on any atom is 0.119 e. The first-order valence-electron chi connectivity index (χ1n) is 4.81. The third-order valence-electron chi connectivity index (χ3n) is 2.04. The van der Waals surface area contributed by atoms with Crippen molar-refractivity contribution in [2.45, 2.75) is 13.8 Å². The zero-order valence-electron chi connectivity index (χ0n) is 9.03. The van der Waals surface area contributed by atoms with Gasteiger partial charge < -0.3 is 4.74 Å². The van der Waals surface area contributed by atoms with Crippen molar-refractivity contribution < 1.29 is 4.74 Å². The lowest BCUT2D eigenvalue weighted by Gasteiger charge is -2.22. The van der Waals surface area contributed by atoms with Crippen LogP contribution < -0.4 is 4.74 Å². The Morgan fingerprint density at radius 2 is 1.93 bits per heavy atom. The molecule has 1 aromatic carbocycles. The van der Waals surface area contributed by atoms with Crippen molar-refractivity contribution >= 4 is 12.6 Å². The Kier molecular flexibility index (Phi) is 4.05. The number of nitriles is 1. The quantitative estimate of drug-likeness (QED) is 0.793. The second-order valence-corrected chi connectivity index (χ2v) is 4.56. The van der Waals surface area contributed by atoms with Gasteiger partial charge in [0.05, 0.1) is 18.2 Å². The third kappa shape index (κ3) is 3.85. The summed E-state index contributed by atoms with van der Waals surface area (Å²) in [7, 11) is 0. The molecule has 0 aliphatic carbocycles. The summed E-state index contributed by atoms with van der Waals surface area (Å²) in [6.07, 6.45) is 0. The number of ether oxygens (including phenoxy) is 1. The fourth-order valence-electron chi connectivity index (χ4n) is 0.950. The SMILES string of the molecule is CC(C)(CS)COc1ccc(C#N)cc1. The van der Waals surface area contributed by atoms with Gasteiger partial charge in [0.15, 0.2) is 0 Å². The number of nitrogens with zero attached hydrogens (tertiary/aromatic N) is 1. The number of benzene rings is 1. The van der Waals surface area contributed by atoms with E-state index in [1.807, 2.05) is 12.1 Å². The largest absolute Gasteiger partial charge is 0.493 e. The van der Waals surface area contributed by atoms with Crippen LogP contribution in [0.2, 0.25) is 0 Å². The van der Waals surface area contributed by atoms with E-state index in [9.17, 15) is 0 Å². The first-order valence-corrected chi connectivity index (χ1v) is 5.44. The molecular formula is C12H15NOS. The highest BCUT2D eigenvalue weighted by Crippen LogP contribution is 2.20. The number of hydrogen-bond acceptors (Lipinski definition) is 3. The predicted molar refractivity (Wildman–Crippen MR) is 64.3 cm³/mol. The molecule has 0 spiro atoms. The van der Waals surface area contributed by atoms with E-state index in [-0.39, 0.29) is 5.41 Å². The topological polar surface area (TPSA) is 33.0 Å². The van der Waals surface area contributed by atoms with Crippen LogP contribution in [0.5, 0.6) is 5.75 Å². The van der Waals surface area contributed by atoms with E-state index < -0.39 is 0 Å². The molecule has 0 bridgehead atoms. The highest BCUT2D eigenvalue weighted by Gasteiger charge is 2.16. The summed E-state index contributed by atoms with van der Waals surface area (Å²) in [5, 5.41) is 8.62. The summed E-state index contributed by atoms with van der Waals surface area (Å²) in [4.78, 5) is 0. The maximum absolute atomic E-state index is 8.62. The smallest absolute Gasteiger partial charge is 0.119 e. The Hall–Kier alpha value is -1.14. The molecule has 0 aromatic heterocycles. The maximum atomic E-state index is 8.62. The van der Waals surface area contributed by atoms with Crippen molar-refractivity contribution in [1.29, 1.82) is 5.26 Å². The van der Waals surface area contributed by atoms with Gasteiger partial charge in [-0.2, -0.15) is 17.9 Å². The van der Waals surface area contributed by atoms with Gasteiger partial charge in [0, 0.05) is 5.41 Å². The molecule has 80 valence electrons. The van der Waals surface area contributed by atoms with E-state index in [0.717, 1.165) is 11.5 Å². The van der Waals surface area contributed by atoms with E-state index in [2.05, 4.69) is 32.5 Å². The first kappa shape index (κ1) is 11.9. The normalized spacial score (nSPS) is 10.8. The van der Waals surface area contributed by atoms with Crippen molar-refractivity contribution in [2.24, 2.45) is 5.41 Å². The highest BCUT2D eigenvalue weighted by molar-refractivity contribution is 7.80. The summed E-state index contributed by atoms with van der Waals surface area (Å²) in [5.41, 5.74) is 0.715. The Labute approximate surface area is 96.3 Å². The average molecular weight is 221 g/mol. The van der Waals surface area contributed by atoms with Gasteiger partial charge in [-0.05, 0) is 30.0 Å². The van der Waals surface area contributed by atoms with Crippen molar-refractivity contribution in [3.8, 4) is 11.8 Å². The number of thiol groups is 1. The standard InChI is InChI=1S/C12H15NOS/c1-12(2,9-15)8-14-11-5-3-10(7-13)4-6-11/h3-6,15H,8-9H2,1-2H3. The van der Waals surface area contributed by atoms with Crippen molar-refractivity contribution in [2.75, 3.05) is 12.4 Å². The number of hydrogen-bond donors (Lipinski definition) is 1. The minimum atomic E-state index is 0.0665. The molecule has 15 heavy (non-hydrogen) atoms. The second kappa shape index (κ2) is 5.09. The van der Waals surface area contributed by atoms with Crippen molar-refractivity contribution in [3.63, 3.8) is 0 Å². The van der Waals surface area contributed by atoms with Crippen LogP contribution in [0.25, 0.3) is 0 Å². The molecule has 0 saturated heterocycles. The molecule has 0 radical (unpaired) electrons. The van der Waals surface area contributed by atoms with Gasteiger partial charge in [-0.1, -0.05) is 13.8 Å². The zero-order chi connectivity index (χ0) is 11.3. The van der Waals surface area contributed by atoms with Crippen LogP contribution >= 0.6 is 12.6 Å². The van der Waals surface area contributed by atoms with Crippen LogP contribution in [-0.4, -0.2) is 12.4 Å². The lowest BCUT2D eigenvalue weighted by Crippen LogP contribution is -2.23. The molecule has 0 N–H and O–H groups in total. The molecule has 0 saturated carbocycles. The van der Waals surface area contributed by atoms with E-state index in [0.29, 0.717) is 12.2 Å². The molecule has 1 rings (SSSR count). The van der Waals surface area contributed by atoms with E-state index >= 15 is 0 Å². The fraction of sp³-hybridized carbons (Fsp3) is 0.417. The van der Waals surface area contributed by atoms with Gasteiger partial charge in [-0.15, -0.1) is 0 Å². The van der Waals surface area contributed by atoms with Crippen LogP contribution in [0.4, 0.5) is 0 Å². The molecule has 2 nitrogen and oxygen atoms in total. The van der Waals surface area contributed by atoms with Crippen LogP contribution in [0.3, 0.4) is 0 Å². The van der Waals surface area contributed by atoms with Crippen LogP contribution in [0, 0.1) is 16.7 Å². The van der Waals surface area contributed by atoms with Gasteiger partial charge in [0.2, 0.25) is 0 Å². The number of rotatable bonds is 4. The van der Waals surface area contributed by atoms with Crippen molar-refractivity contribution in [3.05, 3.63) is 29.8 Å². The molecule has 1 aromatic rings. The molecule has 3 heteroatoms. The Morgan fingerprint density at radius 1 is 1.33 bits per heavy atom. The molecule has 0 aliphatic rings. The summed E-state index contributed by atoms with van der Waals surface area (Å²) in [5.74, 6) is 1.58. The predicted octanol–water partition coefficient (Wildman–Crippen LogP) is 2.89. The van der Waals surface area contributed by atoms with E-state index in [4.69, 9.17) is 10.00 Å². The van der Waals surface area contributed by atoms with Gasteiger partial charge in [-0.3, -0.25) is 0 Å². The monoisotopic (exact) mass is 221 g/mol. The lowest BCUT2D eigenvalue weighted by molar-refractivity contribution is 0.202. The highest BCUT2D eigenvalue weighted by atomic mass is 32.1. The van der Waals surface area contributed by atoms with Gasteiger partial charge in [0.25, 0.3) is 0 Å². The molecule has 0 fully saturated rings. The van der Waals surface area contributed by atoms with E-state index in [1.165, 1.54) is 0 Å². The molecule has 0 aliphatic heterocycles. The molecular weight excluding hydrogens is 206 g/mol. The second-order valence-electron chi connectivity index (χ2n) is 4.25. The summed E-state index contributed by atoms with van der Waals surface area (Å²) >= 11 is 4.26. The first-order chi connectivity index (χ1) is 7.07. The Morgan fingerprint density at radius 3 is 2.40 bits per heavy atom. The molecule has 0 unspecified atom stereocenters. The van der Waals surface area contributed by atoms with Gasteiger partial charge in [-0.25, -0.2) is 0 Å². The van der Waals surface area contributed by atoms with Crippen molar-refractivity contribution in [1.82, 2.24) is 0 Å². The Balaban J connectivity index is 2.56. The zero-order valence-corrected chi connectivity index (χ0v) is 9.92. The van der Waals surface area contributed by atoms with Crippen LogP contribution in [0.15, 0.2) is 24.3 Å². The third-order valence-corrected chi connectivity index (χ3v) is 2.90. The van der Waals surface area contributed by atoms with Crippen LogP contribution in [-0.2, 0) is 0 Å².